The van der Waals surface area contributed by atoms with Crippen LogP contribution in [0.25, 0.3) is 0 Å². The van der Waals surface area contributed by atoms with E-state index in [-0.39, 0.29) is 25.3 Å². The number of para-hydroxylation sites is 1. The van der Waals surface area contributed by atoms with Gasteiger partial charge in [-0.3, -0.25) is 0 Å². The second-order valence-corrected chi connectivity index (χ2v) is 7.02. The van der Waals surface area contributed by atoms with E-state index in [1.165, 1.54) is 10.4 Å². The number of hydrogen-bond donors (Lipinski definition) is 0. The second-order valence-electron chi connectivity index (χ2n) is 4.91. The van der Waals surface area contributed by atoms with Crippen LogP contribution in [0.2, 0.25) is 0 Å². The lowest BCUT2D eigenvalue weighted by molar-refractivity contribution is 0.380. The molecule has 0 aromatic heterocycles. The normalized spacial score (nSPS) is 18.2. The maximum absolute atomic E-state index is 13.7. The highest BCUT2D eigenvalue weighted by molar-refractivity contribution is 7.90. The van der Waals surface area contributed by atoms with Gasteiger partial charge < -0.3 is 4.90 Å². The van der Waals surface area contributed by atoms with Crippen LogP contribution in [0.3, 0.4) is 0 Å². The zero-order valence-electron chi connectivity index (χ0n) is 11.9. The van der Waals surface area contributed by atoms with Gasteiger partial charge in [0.05, 0.1) is 11.8 Å². The number of hydrogen-bond acceptors (Lipinski definition) is 4. The average molecular weight is 311 g/mol. The van der Waals surface area contributed by atoms with Gasteiger partial charge in [0.2, 0.25) is 10.0 Å². The molecule has 21 heavy (non-hydrogen) atoms. The Labute approximate surface area is 124 Å². The van der Waals surface area contributed by atoms with Crippen molar-refractivity contribution >= 4 is 15.7 Å². The van der Waals surface area contributed by atoms with Crippen molar-refractivity contribution in [2.24, 2.45) is 0 Å². The van der Waals surface area contributed by atoms with Gasteiger partial charge in [-0.2, -0.15) is 9.57 Å². The molecule has 0 saturated carbocycles. The van der Waals surface area contributed by atoms with E-state index in [2.05, 4.69) is 0 Å². The van der Waals surface area contributed by atoms with Crippen LogP contribution in [0, 0.1) is 17.1 Å². The molecule has 1 saturated heterocycles. The van der Waals surface area contributed by atoms with Crippen molar-refractivity contribution in [1.29, 1.82) is 5.26 Å². The van der Waals surface area contributed by atoms with Crippen LogP contribution in [0.1, 0.15) is 13.3 Å². The molecule has 1 atom stereocenters. The second kappa shape index (κ2) is 6.41. The van der Waals surface area contributed by atoms with Crippen LogP contribution in [0.15, 0.2) is 24.3 Å². The Bertz CT molecular complexity index is 634. The third-order valence-electron chi connectivity index (χ3n) is 3.67. The minimum absolute atomic E-state index is 0.270. The van der Waals surface area contributed by atoms with E-state index in [1.54, 1.807) is 25.1 Å². The summed E-state index contributed by atoms with van der Waals surface area (Å²) in [5.74, 6) is -0.308. The van der Waals surface area contributed by atoms with Gasteiger partial charge >= 0.3 is 0 Å². The Morgan fingerprint density at radius 1 is 1.29 bits per heavy atom. The molecule has 1 fully saturated rings. The molecule has 1 unspecified atom stereocenters. The molecule has 0 N–H and O–H groups in total. The summed E-state index contributed by atoms with van der Waals surface area (Å²) in [6, 6.07) is 8.29. The van der Waals surface area contributed by atoms with E-state index in [1.807, 2.05) is 11.0 Å². The summed E-state index contributed by atoms with van der Waals surface area (Å²) >= 11 is 0. The monoisotopic (exact) mass is 311 g/mol. The van der Waals surface area contributed by atoms with Crippen LogP contribution in [-0.2, 0) is 10.0 Å². The molecule has 7 heteroatoms. The lowest BCUT2D eigenvalue weighted by Gasteiger charge is -2.36. The Balaban J connectivity index is 2.08. The van der Waals surface area contributed by atoms with Gasteiger partial charge in [0, 0.05) is 26.2 Å². The summed E-state index contributed by atoms with van der Waals surface area (Å²) in [4.78, 5) is 1.83. The quantitative estimate of drug-likeness (QED) is 0.847. The fourth-order valence-corrected chi connectivity index (χ4v) is 4.03. The standard InChI is InChI=1S/C14H18FN3O2S/c1-2-12(11-16)21(19,20)18-9-7-17(8-10-18)14-6-4-3-5-13(14)15/h3-6,12H,2,7-10H2,1H3. The first-order valence-electron chi connectivity index (χ1n) is 6.88. The number of nitrogens with zero attached hydrogens (tertiary/aromatic N) is 3. The van der Waals surface area contributed by atoms with Crippen LogP contribution in [-0.4, -0.2) is 44.2 Å². The number of rotatable bonds is 4. The Hall–Kier alpha value is -1.65. The molecular weight excluding hydrogens is 293 g/mol. The number of nitriles is 1. The lowest BCUT2D eigenvalue weighted by Crippen LogP contribution is -2.51. The maximum Gasteiger partial charge on any atom is 0.230 e. The number of benzene rings is 1. The Kier molecular flexibility index (Phi) is 4.80. The predicted molar refractivity (Wildman–Crippen MR) is 78.8 cm³/mol. The fraction of sp³-hybridized carbons (Fsp3) is 0.500. The summed E-state index contributed by atoms with van der Waals surface area (Å²) in [5, 5.41) is 7.94. The molecule has 1 aromatic rings. The fourth-order valence-electron chi connectivity index (χ4n) is 2.44. The first-order chi connectivity index (χ1) is 10.0. The molecule has 1 aliphatic heterocycles. The summed E-state index contributed by atoms with van der Waals surface area (Å²) in [5.41, 5.74) is 0.488. The van der Waals surface area contributed by atoms with Gasteiger partial charge in [-0.05, 0) is 18.6 Å². The lowest BCUT2D eigenvalue weighted by atomic mass is 10.2. The van der Waals surface area contributed by atoms with Crippen molar-refractivity contribution in [1.82, 2.24) is 4.31 Å². The average Bonchev–Trinajstić information content (AvgIpc) is 2.49. The topological polar surface area (TPSA) is 64.4 Å². The minimum atomic E-state index is -3.59. The van der Waals surface area contributed by atoms with Gasteiger partial charge in [-0.15, -0.1) is 0 Å². The van der Waals surface area contributed by atoms with E-state index >= 15 is 0 Å². The van der Waals surface area contributed by atoms with Crippen molar-refractivity contribution in [3.8, 4) is 6.07 Å². The van der Waals surface area contributed by atoms with Crippen molar-refractivity contribution in [3.05, 3.63) is 30.1 Å². The molecule has 5 nitrogen and oxygen atoms in total. The maximum atomic E-state index is 13.7. The molecule has 114 valence electrons. The number of piperazine rings is 1. The number of sulfonamides is 1. The van der Waals surface area contributed by atoms with E-state index in [9.17, 15) is 12.8 Å². The molecular formula is C14H18FN3O2S. The van der Waals surface area contributed by atoms with E-state index in [0.717, 1.165) is 0 Å². The van der Waals surface area contributed by atoms with Crippen LogP contribution in [0.4, 0.5) is 10.1 Å². The summed E-state index contributed by atoms with van der Waals surface area (Å²) in [6.07, 6.45) is 0.270. The third-order valence-corrected chi connectivity index (χ3v) is 5.91. The first kappa shape index (κ1) is 15.7. The van der Waals surface area contributed by atoms with Gasteiger partial charge in [0.1, 0.15) is 5.82 Å². The molecule has 0 aliphatic carbocycles. The largest absolute Gasteiger partial charge is 0.367 e. The van der Waals surface area contributed by atoms with E-state index in [4.69, 9.17) is 5.26 Å². The van der Waals surface area contributed by atoms with Crippen LogP contribution < -0.4 is 4.90 Å². The highest BCUT2D eigenvalue weighted by atomic mass is 32.2. The molecule has 2 rings (SSSR count). The minimum Gasteiger partial charge on any atom is -0.367 e. The van der Waals surface area contributed by atoms with Crippen molar-refractivity contribution in [2.75, 3.05) is 31.1 Å². The molecule has 0 radical (unpaired) electrons. The van der Waals surface area contributed by atoms with Crippen molar-refractivity contribution in [2.45, 2.75) is 18.6 Å². The highest BCUT2D eigenvalue weighted by Gasteiger charge is 2.33. The van der Waals surface area contributed by atoms with Crippen LogP contribution >= 0.6 is 0 Å². The third kappa shape index (κ3) is 3.17. The van der Waals surface area contributed by atoms with Crippen molar-refractivity contribution < 1.29 is 12.8 Å². The molecule has 0 bridgehead atoms. The van der Waals surface area contributed by atoms with Crippen molar-refractivity contribution in [3.63, 3.8) is 0 Å². The van der Waals surface area contributed by atoms with E-state index in [0.29, 0.717) is 18.8 Å². The predicted octanol–water partition coefficient (Wildman–Crippen LogP) is 1.58. The SMILES string of the molecule is CCC(C#N)S(=O)(=O)N1CCN(c2ccccc2F)CC1. The number of halogens is 1. The molecule has 1 aliphatic rings. The Morgan fingerprint density at radius 2 is 1.90 bits per heavy atom. The summed E-state index contributed by atoms with van der Waals surface area (Å²) in [7, 11) is -3.59. The van der Waals surface area contributed by atoms with Gasteiger partial charge in [-0.1, -0.05) is 19.1 Å². The molecule has 1 heterocycles. The summed E-state index contributed by atoms with van der Waals surface area (Å²) < 4.78 is 39.6. The highest BCUT2D eigenvalue weighted by Crippen LogP contribution is 2.22. The van der Waals surface area contributed by atoms with Crippen LogP contribution in [0.5, 0.6) is 0 Å². The molecule has 0 amide bonds. The zero-order valence-corrected chi connectivity index (χ0v) is 12.7. The van der Waals surface area contributed by atoms with E-state index < -0.39 is 15.3 Å². The van der Waals surface area contributed by atoms with Gasteiger partial charge in [0.15, 0.2) is 5.25 Å². The zero-order chi connectivity index (χ0) is 15.5. The smallest absolute Gasteiger partial charge is 0.230 e. The van der Waals surface area contributed by atoms with Gasteiger partial charge in [-0.25, -0.2) is 12.8 Å². The van der Waals surface area contributed by atoms with Gasteiger partial charge in [0.25, 0.3) is 0 Å². The molecule has 0 spiro atoms. The molecule has 1 aromatic carbocycles. The number of anilines is 1. The first-order valence-corrected chi connectivity index (χ1v) is 8.39. The Morgan fingerprint density at radius 3 is 2.43 bits per heavy atom. The summed E-state index contributed by atoms with van der Waals surface area (Å²) in [6.45, 7) is 3.06.